The van der Waals surface area contributed by atoms with Crippen molar-refractivity contribution in [2.45, 2.75) is 25.6 Å². The summed E-state index contributed by atoms with van der Waals surface area (Å²) in [6.07, 6.45) is 4.95. The molecule has 1 aliphatic heterocycles. The number of ether oxygens (including phenoxy) is 1. The van der Waals surface area contributed by atoms with Gasteiger partial charge >= 0.3 is 0 Å². The first kappa shape index (κ1) is 23.2. The average Bonchev–Trinajstić information content (AvgIpc) is 3.37. The quantitative estimate of drug-likeness (QED) is 0.473. The van der Waals surface area contributed by atoms with E-state index < -0.39 is 10.0 Å². The highest BCUT2D eigenvalue weighted by Crippen LogP contribution is 2.42. The van der Waals surface area contributed by atoms with E-state index >= 15 is 0 Å². The fourth-order valence-electron chi connectivity index (χ4n) is 4.13. The summed E-state index contributed by atoms with van der Waals surface area (Å²) in [7, 11) is -1.69. The molecular weight excluding hydrogens is 458 g/mol. The van der Waals surface area contributed by atoms with E-state index in [1.807, 2.05) is 49.5 Å². The van der Waals surface area contributed by atoms with Gasteiger partial charge in [-0.2, -0.15) is 0 Å². The van der Waals surface area contributed by atoms with E-state index in [0.29, 0.717) is 24.0 Å². The van der Waals surface area contributed by atoms with Crippen molar-refractivity contribution in [1.29, 1.82) is 0 Å². The van der Waals surface area contributed by atoms with E-state index in [9.17, 15) is 8.42 Å². The van der Waals surface area contributed by atoms with Crippen LogP contribution in [0.3, 0.4) is 0 Å². The molecule has 2 N–H and O–H groups in total. The molecule has 0 radical (unpaired) electrons. The predicted molar refractivity (Wildman–Crippen MR) is 134 cm³/mol. The van der Waals surface area contributed by atoms with Crippen LogP contribution in [0.2, 0.25) is 0 Å². The van der Waals surface area contributed by atoms with E-state index in [1.54, 1.807) is 19.4 Å². The Labute approximate surface area is 199 Å². The number of nitrogens with zero attached hydrogens (tertiary/aromatic N) is 3. The van der Waals surface area contributed by atoms with Crippen molar-refractivity contribution >= 4 is 38.7 Å². The molecule has 1 aromatic carbocycles. The highest BCUT2D eigenvalue weighted by molar-refractivity contribution is 7.92. The van der Waals surface area contributed by atoms with Crippen LogP contribution in [-0.2, 0) is 21.3 Å². The first-order valence-electron chi connectivity index (χ1n) is 10.5. The van der Waals surface area contributed by atoms with Crippen molar-refractivity contribution in [3.63, 3.8) is 0 Å². The summed E-state index contributed by atoms with van der Waals surface area (Å²) >= 11 is 5.79. The van der Waals surface area contributed by atoms with Crippen LogP contribution in [0.25, 0.3) is 0 Å². The lowest BCUT2D eigenvalue weighted by molar-refractivity contribution is 0.186. The molecule has 1 fully saturated rings. The zero-order valence-corrected chi connectivity index (χ0v) is 20.4. The van der Waals surface area contributed by atoms with Gasteiger partial charge in [0, 0.05) is 37.4 Å². The average molecular weight is 486 g/mol. The molecule has 0 spiro atoms. The lowest BCUT2D eigenvalue weighted by Crippen LogP contribution is -2.30. The Balaban J connectivity index is 1.78. The molecule has 0 unspecified atom stereocenters. The number of methoxy groups -OCH3 is 1. The SMILES string of the molecule is COCCn1cccc1[C@@H]1[C@H](c2ccccn2)NC(=S)N1c1ccc(NS(C)(=O)=O)c(C)c1. The second-order valence-electron chi connectivity index (χ2n) is 7.99. The lowest BCUT2D eigenvalue weighted by atomic mass is 10.0. The standard InChI is InChI=1S/C23H27N5O3S2/c1-16-15-17(9-10-18(16)26-33(3,29)30)28-22(20-8-6-12-27(20)13-14-31-2)21(25-23(28)32)19-7-4-5-11-24-19/h4-12,15,21-22,26H,13-14H2,1-3H3,(H,25,32)/t21-,22+/m0/s1. The number of nitrogens with one attached hydrogen (secondary N) is 2. The summed E-state index contributed by atoms with van der Waals surface area (Å²) in [5.74, 6) is 0. The van der Waals surface area contributed by atoms with E-state index in [2.05, 4.69) is 30.6 Å². The molecule has 8 nitrogen and oxygen atoms in total. The summed E-state index contributed by atoms with van der Waals surface area (Å²) in [5.41, 5.74) is 4.17. The molecule has 1 saturated heterocycles. The fourth-order valence-corrected chi connectivity index (χ4v) is 5.11. The van der Waals surface area contributed by atoms with Gasteiger partial charge in [0.2, 0.25) is 10.0 Å². The molecule has 3 heterocycles. The van der Waals surface area contributed by atoms with Gasteiger partial charge in [-0.3, -0.25) is 9.71 Å². The van der Waals surface area contributed by atoms with Crippen LogP contribution < -0.4 is 14.9 Å². The van der Waals surface area contributed by atoms with Crippen molar-refractivity contribution in [2.24, 2.45) is 0 Å². The summed E-state index contributed by atoms with van der Waals surface area (Å²) in [6, 6.07) is 15.2. The minimum Gasteiger partial charge on any atom is -0.383 e. The number of anilines is 2. The third kappa shape index (κ3) is 5.02. The molecule has 4 rings (SSSR count). The Kier molecular flexibility index (Phi) is 6.68. The van der Waals surface area contributed by atoms with Crippen LogP contribution >= 0.6 is 12.2 Å². The van der Waals surface area contributed by atoms with Gasteiger partial charge < -0.3 is 19.5 Å². The molecule has 174 valence electrons. The van der Waals surface area contributed by atoms with Gasteiger partial charge in [-0.1, -0.05) is 6.07 Å². The zero-order valence-electron chi connectivity index (χ0n) is 18.7. The number of hydrogen-bond acceptors (Lipinski definition) is 5. The highest BCUT2D eigenvalue weighted by atomic mass is 32.2. The monoisotopic (exact) mass is 485 g/mol. The second-order valence-corrected chi connectivity index (χ2v) is 10.1. The molecule has 33 heavy (non-hydrogen) atoms. The third-order valence-corrected chi connectivity index (χ3v) is 6.49. The number of benzene rings is 1. The van der Waals surface area contributed by atoms with Gasteiger partial charge in [-0.15, -0.1) is 0 Å². The van der Waals surface area contributed by atoms with Gasteiger partial charge in [0.15, 0.2) is 5.11 Å². The minimum atomic E-state index is -3.37. The largest absolute Gasteiger partial charge is 0.383 e. The topological polar surface area (TPSA) is 88.5 Å². The molecule has 10 heteroatoms. The zero-order chi connectivity index (χ0) is 23.6. The van der Waals surface area contributed by atoms with E-state index in [0.717, 1.165) is 28.9 Å². The predicted octanol–water partition coefficient (Wildman–Crippen LogP) is 3.39. The van der Waals surface area contributed by atoms with E-state index in [1.165, 1.54) is 0 Å². The molecule has 0 amide bonds. The maximum atomic E-state index is 11.7. The fraction of sp³-hybridized carbons (Fsp3) is 0.304. The molecule has 3 aromatic rings. The Morgan fingerprint density at radius 3 is 2.70 bits per heavy atom. The van der Waals surface area contributed by atoms with Crippen molar-refractivity contribution in [3.05, 3.63) is 77.9 Å². The maximum Gasteiger partial charge on any atom is 0.229 e. The highest BCUT2D eigenvalue weighted by Gasteiger charge is 2.42. The number of aromatic nitrogens is 2. The number of thiocarbonyl (C=S) groups is 1. The Morgan fingerprint density at radius 1 is 1.21 bits per heavy atom. The van der Waals surface area contributed by atoms with Gasteiger partial charge in [0.25, 0.3) is 0 Å². The van der Waals surface area contributed by atoms with Crippen LogP contribution in [-0.4, -0.2) is 43.1 Å². The number of hydrogen-bond donors (Lipinski definition) is 2. The third-order valence-electron chi connectivity index (χ3n) is 5.59. The number of aryl methyl sites for hydroxylation is 1. The lowest BCUT2D eigenvalue weighted by Gasteiger charge is -2.29. The normalized spacial score (nSPS) is 18.4. The molecule has 0 saturated carbocycles. The first-order valence-corrected chi connectivity index (χ1v) is 12.8. The van der Waals surface area contributed by atoms with E-state index in [-0.39, 0.29) is 12.1 Å². The Bertz CT molecular complexity index is 1240. The second kappa shape index (κ2) is 9.50. The molecular formula is C23H27N5O3S2. The van der Waals surface area contributed by atoms with Crippen molar-refractivity contribution < 1.29 is 13.2 Å². The summed E-state index contributed by atoms with van der Waals surface area (Å²) in [6.45, 7) is 3.17. The van der Waals surface area contributed by atoms with Crippen LogP contribution in [0.5, 0.6) is 0 Å². The van der Waals surface area contributed by atoms with Crippen LogP contribution in [0, 0.1) is 6.92 Å². The number of rotatable bonds is 8. The van der Waals surface area contributed by atoms with Gasteiger partial charge in [-0.05, 0) is 67.2 Å². The summed E-state index contributed by atoms with van der Waals surface area (Å²) in [5, 5.41) is 4.03. The van der Waals surface area contributed by atoms with Crippen molar-refractivity contribution in [3.8, 4) is 0 Å². The Morgan fingerprint density at radius 2 is 2.03 bits per heavy atom. The smallest absolute Gasteiger partial charge is 0.229 e. The molecule has 2 aromatic heterocycles. The number of sulfonamides is 1. The molecule has 2 atom stereocenters. The maximum absolute atomic E-state index is 11.7. The van der Waals surface area contributed by atoms with Crippen LogP contribution in [0.1, 0.15) is 29.0 Å². The number of pyridine rings is 1. The van der Waals surface area contributed by atoms with Crippen LogP contribution in [0.4, 0.5) is 11.4 Å². The molecule has 0 bridgehead atoms. The first-order chi connectivity index (χ1) is 15.8. The summed E-state index contributed by atoms with van der Waals surface area (Å²) < 4.78 is 33.4. The van der Waals surface area contributed by atoms with Crippen LogP contribution in [0.15, 0.2) is 60.9 Å². The Hall–Kier alpha value is -2.95. The van der Waals surface area contributed by atoms with E-state index in [4.69, 9.17) is 17.0 Å². The van der Waals surface area contributed by atoms with Crippen molar-refractivity contribution in [1.82, 2.24) is 14.9 Å². The van der Waals surface area contributed by atoms with Gasteiger partial charge in [0.1, 0.15) is 6.04 Å². The minimum absolute atomic E-state index is 0.160. The molecule has 1 aliphatic rings. The van der Waals surface area contributed by atoms with Gasteiger partial charge in [0.05, 0.1) is 30.3 Å². The van der Waals surface area contributed by atoms with Crippen molar-refractivity contribution in [2.75, 3.05) is 29.6 Å². The summed E-state index contributed by atoms with van der Waals surface area (Å²) in [4.78, 5) is 6.66. The van der Waals surface area contributed by atoms with Gasteiger partial charge in [-0.25, -0.2) is 8.42 Å². The molecule has 0 aliphatic carbocycles.